The van der Waals surface area contributed by atoms with E-state index in [2.05, 4.69) is 52.6 Å². The highest BCUT2D eigenvalue weighted by atomic mass is 16.1. The van der Waals surface area contributed by atoms with Crippen LogP contribution >= 0.6 is 0 Å². The Kier molecular flexibility index (Phi) is 6.34. The average molecular weight is 395 g/mol. The second kappa shape index (κ2) is 9.12. The summed E-state index contributed by atoms with van der Waals surface area (Å²) in [5, 5.41) is 7.75. The molecule has 1 aromatic heterocycles. The van der Waals surface area contributed by atoms with Crippen molar-refractivity contribution in [2.75, 3.05) is 19.6 Å². The maximum Gasteiger partial charge on any atom is 0.220 e. The molecule has 156 valence electrons. The van der Waals surface area contributed by atoms with Gasteiger partial charge in [0.2, 0.25) is 5.91 Å². The monoisotopic (exact) mass is 394 g/mol. The molecule has 1 N–H and O–H groups in total. The number of nitrogens with one attached hydrogen (secondary N) is 1. The molecule has 2 aromatic rings. The first kappa shape index (κ1) is 20.1. The first-order valence-electron chi connectivity index (χ1n) is 11.2. The molecule has 0 saturated carbocycles. The van der Waals surface area contributed by atoms with Gasteiger partial charge in [-0.3, -0.25) is 4.79 Å². The standard InChI is InChI=1S/C24H34N4O/c1-18-16-19(2)28(26-18)22-11-8-20(9-12-22)10-13-24(29)25-17-21-6-5-15-27-14-4-3-7-23(21)27/h8-9,11-12,16,21,23H,3-7,10,13-15,17H2,1-2H3,(H,25,29)/t21-,23+/m1/s1. The van der Waals surface area contributed by atoms with Crippen LogP contribution in [0.5, 0.6) is 0 Å². The summed E-state index contributed by atoms with van der Waals surface area (Å²) in [5.74, 6) is 0.814. The van der Waals surface area contributed by atoms with Gasteiger partial charge >= 0.3 is 0 Å². The van der Waals surface area contributed by atoms with Crippen molar-refractivity contribution in [1.82, 2.24) is 20.0 Å². The van der Waals surface area contributed by atoms with Crippen LogP contribution in [-0.4, -0.2) is 46.3 Å². The number of nitrogens with zero attached hydrogens (tertiary/aromatic N) is 3. The predicted molar refractivity (Wildman–Crippen MR) is 116 cm³/mol. The second-order valence-electron chi connectivity index (χ2n) is 8.81. The van der Waals surface area contributed by atoms with Crippen molar-refractivity contribution < 1.29 is 4.79 Å². The molecular weight excluding hydrogens is 360 g/mol. The van der Waals surface area contributed by atoms with Gasteiger partial charge in [0.15, 0.2) is 0 Å². The minimum atomic E-state index is 0.181. The average Bonchev–Trinajstić information content (AvgIpc) is 3.09. The molecule has 1 amide bonds. The molecule has 2 aliphatic heterocycles. The number of carbonyl (C=O) groups is 1. The number of carbonyl (C=O) groups excluding carboxylic acids is 1. The Hall–Kier alpha value is -2.14. The quantitative estimate of drug-likeness (QED) is 0.811. The van der Waals surface area contributed by atoms with Gasteiger partial charge in [0.05, 0.1) is 11.4 Å². The van der Waals surface area contributed by atoms with Crippen LogP contribution in [-0.2, 0) is 11.2 Å². The number of aromatic nitrogens is 2. The summed E-state index contributed by atoms with van der Waals surface area (Å²) < 4.78 is 1.96. The molecule has 0 radical (unpaired) electrons. The van der Waals surface area contributed by atoms with E-state index in [1.807, 2.05) is 11.6 Å². The summed E-state index contributed by atoms with van der Waals surface area (Å²) >= 11 is 0. The maximum atomic E-state index is 12.4. The lowest BCUT2D eigenvalue weighted by molar-refractivity contribution is -0.121. The minimum absolute atomic E-state index is 0.181. The molecule has 2 saturated heterocycles. The Morgan fingerprint density at radius 3 is 2.66 bits per heavy atom. The summed E-state index contributed by atoms with van der Waals surface area (Å²) in [7, 11) is 0. The van der Waals surface area contributed by atoms with E-state index < -0.39 is 0 Å². The highest BCUT2D eigenvalue weighted by Crippen LogP contribution is 2.30. The van der Waals surface area contributed by atoms with Gasteiger partial charge in [0, 0.05) is 24.7 Å². The number of aryl methyl sites for hydroxylation is 3. The zero-order valence-corrected chi connectivity index (χ0v) is 17.9. The van der Waals surface area contributed by atoms with Gasteiger partial charge in [-0.2, -0.15) is 5.10 Å². The van der Waals surface area contributed by atoms with Crippen LogP contribution in [0.3, 0.4) is 0 Å². The first-order chi connectivity index (χ1) is 14.1. The zero-order valence-electron chi connectivity index (χ0n) is 17.9. The van der Waals surface area contributed by atoms with Gasteiger partial charge in [0.1, 0.15) is 0 Å². The number of rotatable bonds is 6. The SMILES string of the molecule is Cc1cc(C)n(-c2ccc(CCC(=O)NC[C@H]3CCCN4CCCC[C@@H]34)cc2)n1. The molecule has 0 aliphatic carbocycles. The molecule has 2 atom stereocenters. The molecule has 0 spiro atoms. The van der Waals surface area contributed by atoms with E-state index >= 15 is 0 Å². The number of piperidine rings is 2. The Balaban J connectivity index is 1.25. The summed E-state index contributed by atoms with van der Waals surface area (Å²) in [6.45, 7) is 7.43. The van der Waals surface area contributed by atoms with E-state index in [4.69, 9.17) is 0 Å². The van der Waals surface area contributed by atoms with Gasteiger partial charge in [-0.05, 0) is 88.7 Å². The summed E-state index contributed by atoms with van der Waals surface area (Å²) in [5.41, 5.74) is 4.42. The fourth-order valence-electron chi connectivity index (χ4n) is 5.10. The van der Waals surface area contributed by atoms with E-state index in [1.54, 1.807) is 0 Å². The second-order valence-corrected chi connectivity index (χ2v) is 8.81. The van der Waals surface area contributed by atoms with E-state index in [9.17, 15) is 4.79 Å². The van der Waals surface area contributed by atoms with Crippen LogP contribution in [0, 0.1) is 19.8 Å². The molecule has 2 fully saturated rings. The van der Waals surface area contributed by atoms with Gasteiger partial charge in [0.25, 0.3) is 0 Å². The highest BCUT2D eigenvalue weighted by Gasteiger charge is 2.32. The summed E-state index contributed by atoms with van der Waals surface area (Å²) in [4.78, 5) is 15.1. The molecule has 0 unspecified atom stereocenters. The van der Waals surface area contributed by atoms with E-state index in [1.165, 1.54) is 50.8 Å². The molecular formula is C24H34N4O. The Bertz CT molecular complexity index is 824. The van der Waals surface area contributed by atoms with Gasteiger partial charge < -0.3 is 10.2 Å². The van der Waals surface area contributed by atoms with Crippen molar-refractivity contribution in [3.8, 4) is 5.69 Å². The van der Waals surface area contributed by atoms with Crippen LogP contribution in [0.1, 0.15) is 55.5 Å². The van der Waals surface area contributed by atoms with E-state index in [0.717, 1.165) is 30.0 Å². The van der Waals surface area contributed by atoms with Crippen molar-refractivity contribution in [2.45, 2.75) is 64.8 Å². The largest absolute Gasteiger partial charge is 0.356 e. The molecule has 5 nitrogen and oxygen atoms in total. The fourth-order valence-corrected chi connectivity index (χ4v) is 5.10. The Morgan fingerprint density at radius 2 is 1.90 bits per heavy atom. The molecule has 5 heteroatoms. The normalized spacial score (nSPS) is 22.3. The molecule has 29 heavy (non-hydrogen) atoms. The van der Waals surface area contributed by atoms with Crippen LogP contribution < -0.4 is 5.32 Å². The van der Waals surface area contributed by atoms with Gasteiger partial charge in [-0.15, -0.1) is 0 Å². The first-order valence-corrected chi connectivity index (χ1v) is 11.2. The predicted octanol–water partition coefficient (Wildman–Crippen LogP) is 3.80. The lowest BCUT2D eigenvalue weighted by atomic mass is 9.83. The van der Waals surface area contributed by atoms with E-state index in [-0.39, 0.29) is 5.91 Å². The third kappa shape index (κ3) is 4.89. The third-order valence-electron chi connectivity index (χ3n) is 6.62. The highest BCUT2D eigenvalue weighted by molar-refractivity contribution is 5.76. The van der Waals surface area contributed by atoms with Crippen LogP contribution in [0.15, 0.2) is 30.3 Å². The summed E-state index contributed by atoms with van der Waals surface area (Å²) in [6.07, 6.45) is 7.87. The van der Waals surface area contributed by atoms with Gasteiger partial charge in [-0.25, -0.2) is 4.68 Å². The molecule has 2 aliphatic rings. The third-order valence-corrected chi connectivity index (χ3v) is 6.62. The fraction of sp³-hybridized carbons (Fsp3) is 0.583. The Morgan fingerprint density at radius 1 is 1.10 bits per heavy atom. The Labute approximate surface area is 174 Å². The van der Waals surface area contributed by atoms with Crippen LogP contribution in [0.2, 0.25) is 0 Å². The molecule has 3 heterocycles. The molecule has 1 aromatic carbocycles. The van der Waals surface area contributed by atoms with Crippen molar-refractivity contribution in [2.24, 2.45) is 5.92 Å². The van der Waals surface area contributed by atoms with Crippen molar-refractivity contribution >= 4 is 5.91 Å². The van der Waals surface area contributed by atoms with Gasteiger partial charge in [-0.1, -0.05) is 18.6 Å². The molecule has 0 bridgehead atoms. The van der Waals surface area contributed by atoms with Crippen LogP contribution in [0.4, 0.5) is 0 Å². The lowest BCUT2D eigenvalue weighted by Gasteiger charge is -2.44. The number of hydrogen-bond donors (Lipinski definition) is 1. The van der Waals surface area contributed by atoms with E-state index in [0.29, 0.717) is 18.4 Å². The lowest BCUT2D eigenvalue weighted by Crippen LogP contribution is -2.51. The van der Waals surface area contributed by atoms with Crippen LogP contribution in [0.25, 0.3) is 5.69 Å². The zero-order chi connectivity index (χ0) is 20.2. The summed E-state index contributed by atoms with van der Waals surface area (Å²) in [6, 6.07) is 11.2. The van der Waals surface area contributed by atoms with Crippen molar-refractivity contribution in [3.05, 3.63) is 47.3 Å². The minimum Gasteiger partial charge on any atom is -0.356 e. The smallest absolute Gasteiger partial charge is 0.220 e. The maximum absolute atomic E-state index is 12.4. The molecule has 4 rings (SSSR count). The van der Waals surface area contributed by atoms with Crippen molar-refractivity contribution in [1.29, 1.82) is 0 Å². The number of fused-ring (bicyclic) bond motifs is 1. The number of hydrogen-bond acceptors (Lipinski definition) is 3. The topological polar surface area (TPSA) is 50.2 Å². The number of benzene rings is 1. The van der Waals surface area contributed by atoms with Crippen molar-refractivity contribution in [3.63, 3.8) is 0 Å². The number of amides is 1.